The standard InChI is InChI=1S/C14H22N2O/c1-4-9-17-14-7-5-13(6-8-14)11-16(3)12(2)10-15/h4-8,12H,1,9-11,15H2,2-3H3/t12-/m1/s1. The van der Waals surface area contributed by atoms with Crippen LogP contribution in [0.15, 0.2) is 36.9 Å². The minimum absolute atomic E-state index is 0.395. The van der Waals surface area contributed by atoms with Gasteiger partial charge < -0.3 is 10.5 Å². The molecule has 3 nitrogen and oxygen atoms in total. The Hall–Kier alpha value is -1.32. The molecule has 0 aromatic heterocycles. The van der Waals surface area contributed by atoms with Crippen molar-refractivity contribution in [2.75, 3.05) is 20.2 Å². The number of nitrogens with two attached hydrogens (primary N) is 1. The largest absolute Gasteiger partial charge is 0.490 e. The van der Waals surface area contributed by atoms with E-state index in [9.17, 15) is 0 Å². The van der Waals surface area contributed by atoms with E-state index in [4.69, 9.17) is 10.5 Å². The summed E-state index contributed by atoms with van der Waals surface area (Å²) >= 11 is 0. The first kappa shape index (κ1) is 13.7. The van der Waals surface area contributed by atoms with Crippen LogP contribution in [0.25, 0.3) is 0 Å². The second kappa shape index (κ2) is 7.09. The maximum atomic E-state index is 5.63. The summed E-state index contributed by atoms with van der Waals surface area (Å²) in [6, 6.07) is 8.53. The lowest BCUT2D eigenvalue weighted by molar-refractivity contribution is 0.254. The molecule has 1 atom stereocenters. The lowest BCUT2D eigenvalue weighted by atomic mass is 10.2. The van der Waals surface area contributed by atoms with Crippen molar-refractivity contribution < 1.29 is 4.74 Å². The molecular formula is C14H22N2O. The Kier molecular flexibility index (Phi) is 5.73. The third-order valence-electron chi connectivity index (χ3n) is 2.82. The molecule has 0 saturated heterocycles. The molecule has 1 aromatic carbocycles. The van der Waals surface area contributed by atoms with Gasteiger partial charge in [0.1, 0.15) is 12.4 Å². The van der Waals surface area contributed by atoms with Crippen LogP contribution in [0.4, 0.5) is 0 Å². The summed E-state index contributed by atoms with van der Waals surface area (Å²) < 4.78 is 5.43. The molecule has 0 unspecified atom stereocenters. The Morgan fingerprint density at radius 1 is 1.41 bits per heavy atom. The molecule has 1 aromatic rings. The predicted molar refractivity (Wildman–Crippen MR) is 72.1 cm³/mol. The van der Waals surface area contributed by atoms with Crippen LogP contribution >= 0.6 is 0 Å². The zero-order valence-electron chi connectivity index (χ0n) is 10.7. The average Bonchev–Trinajstić information content (AvgIpc) is 2.37. The zero-order chi connectivity index (χ0) is 12.7. The number of rotatable bonds is 7. The van der Waals surface area contributed by atoms with Gasteiger partial charge in [-0.2, -0.15) is 0 Å². The van der Waals surface area contributed by atoms with Crippen LogP contribution in [0.1, 0.15) is 12.5 Å². The van der Waals surface area contributed by atoms with Gasteiger partial charge in [-0.05, 0) is 31.7 Å². The summed E-state index contributed by atoms with van der Waals surface area (Å²) in [5, 5.41) is 0. The van der Waals surface area contributed by atoms with E-state index >= 15 is 0 Å². The zero-order valence-corrected chi connectivity index (χ0v) is 10.7. The van der Waals surface area contributed by atoms with Crippen LogP contribution in [-0.2, 0) is 6.54 Å². The van der Waals surface area contributed by atoms with Crippen molar-refractivity contribution in [2.24, 2.45) is 5.73 Å². The van der Waals surface area contributed by atoms with Crippen molar-refractivity contribution in [3.05, 3.63) is 42.5 Å². The fourth-order valence-corrected chi connectivity index (χ4v) is 1.47. The Labute approximate surface area is 104 Å². The molecule has 17 heavy (non-hydrogen) atoms. The fraction of sp³-hybridized carbons (Fsp3) is 0.429. The van der Waals surface area contributed by atoms with Crippen molar-refractivity contribution in [3.63, 3.8) is 0 Å². The Morgan fingerprint density at radius 2 is 2.06 bits per heavy atom. The molecule has 0 aliphatic rings. The van der Waals surface area contributed by atoms with Crippen LogP contribution in [0.3, 0.4) is 0 Å². The van der Waals surface area contributed by atoms with E-state index in [-0.39, 0.29) is 0 Å². The van der Waals surface area contributed by atoms with Crippen LogP contribution in [0.5, 0.6) is 5.75 Å². The quantitative estimate of drug-likeness (QED) is 0.734. The number of nitrogens with zero attached hydrogens (tertiary/aromatic N) is 1. The summed E-state index contributed by atoms with van der Waals surface area (Å²) in [4.78, 5) is 2.24. The molecule has 94 valence electrons. The molecule has 0 fully saturated rings. The molecule has 0 saturated carbocycles. The van der Waals surface area contributed by atoms with Gasteiger partial charge in [-0.1, -0.05) is 24.8 Å². The predicted octanol–water partition coefficient (Wildman–Crippen LogP) is 2.03. The van der Waals surface area contributed by atoms with E-state index in [0.717, 1.165) is 12.3 Å². The van der Waals surface area contributed by atoms with Gasteiger partial charge in [-0.15, -0.1) is 0 Å². The smallest absolute Gasteiger partial charge is 0.119 e. The monoisotopic (exact) mass is 234 g/mol. The van der Waals surface area contributed by atoms with Crippen molar-refractivity contribution >= 4 is 0 Å². The molecule has 0 aliphatic heterocycles. The highest BCUT2D eigenvalue weighted by atomic mass is 16.5. The molecular weight excluding hydrogens is 212 g/mol. The first-order valence-electron chi connectivity index (χ1n) is 5.90. The van der Waals surface area contributed by atoms with E-state index in [2.05, 4.69) is 37.6 Å². The van der Waals surface area contributed by atoms with Gasteiger partial charge in [0.05, 0.1) is 0 Å². The second-order valence-corrected chi connectivity index (χ2v) is 4.24. The van der Waals surface area contributed by atoms with Crippen molar-refractivity contribution in [2.45, 2.75) is 19.5 Å². The molecule has 0 amide bonds. The van der Waals surface area contributed by atoms with E-state index in [1.165, 1.54) is 5.56 Å². The highest BCUT2D eigenvalue weighted by Crippen LogP contribution is 2.13. The molecule has 1 rings (SSSR count). The second-order valence-electron chi connectivity index (χ2n) is 4.24. The molecule has 2 N–H and O–H groups in total. The number of benzene rings is 1. The lowest BCUT2D eigenvalue weighted by Gasteiger charge is -2.23. The van der Waals surface area contributed by atoms with E-state index in [1.807, 2.05) is 12.1 Å². The molecule has 0 radical (unpaired) electrons. The normalized spacial score (nSPS) is 12.5. The van der Waals surface area contributed by atoms with E-state index in [1.54, 1.807) is 6.08 Å². The minimum Gasteiger partial charge on any atom is -0.490 e. The van der Waals surface area contributed by atoms with E-state index in [0.29, 0.717) is 19.2 Å². The molecule has 3 heteroatoms. The van der Waals surface area contributed by atoms with Crippen molar-refractivity contribution in [1.82, 2.24) is 4.90 Å². The highest BCUT2D eigenvalue weighted by Gasteiger charge is 2.07. The van der Waals surface area contributed by atoms with Gasteiger partial charge in [0, 0.05) is 19.1 Å². The summed E-state index contributed by atoms with van der Waals surface area (Å²) in [5.41, 5.74) is 6.90. The van der Waals surface area contributed by atoms with Crippen LogP contribution in [0, 0.1) is 0 Å². The topological polar surface area (TPSA) is 38.5 Å². The third kappa shape index (κ3) is 4.59. The summed E-state index contributed by atoms with van der Waals surface area (Å²) in [7, 11) is 2.08. The van der Waals surface area contributed by atoms with Crippen molar-refractivity contribution in [1.29, 1.82) is 0 Å². The SMILES string of the molecule is C=CCOc1ccc(CN(C)[C@H](C)CN)cc1. The van der Waals surface area contributed by atoms with Crippen LogP contribution < -0.4 is 10.5 Å². The van der Waals surface area contributed by atoms with Gasteiger partial charge in [0.15, 0.2) is 0 Å². The maximum Gasteiger partial charge on any atom is 0.119 e. The summed E-state index contributed by atoms with van der Waals surface area (Å²) in [5.74, 6) is 0.878. The minimum atomic E-state index is 0.395. The number of ether oxygens (including phenoxy) is 1. The molecule has 0 aliphatic carbocycles. The lowest BCUT2D eigenvalue weighted by Crippen LogP contribution is -2.34. The first-order valence-corrected chi connectivity index (χ1v) is 5.90. The van der Waals surface area contributed by atoms with E-state index < -0.39 is 0 Å². The first-order chi connectivity index (χ1) is 8.17. The summed E-state index contributed by atoms with van der Waals surface area (Å²) in [6.45, 7) is 7.87. The summed E-state index contributed by atoms with van der Waals surface area (Å²) in [6.07, 6.45) is 1.74. The maximum absolute atomic E-state index is 5.63. The Morgan fingerprint density at radius 3 is 2.59 bits per heavy atom. The van der Waals surface area contributed by atoms with Crippen LogP contribution in [0.2, 0.25) is 0 Å². The van der Waals surface area contributed by atoms with Gasteiger partial charge in [-0.3, -0.25) is 4.90 Å². The number of hydrogen-bond acceptors (Lipinski definition) is 3. The van der Waals surface area contributed by atoms with Gasteiger partial charge in [-0.25, -0.2) is 0 Å². The van der Waals surface area contributed by atoms with Gasteiger partial charge >= 0.3 is 0 Å². The number of likely N-dealkylation sites (N-methyl/N-ethyl adjacent to an activating group) is 1. The molecule has 0 spiro atoms. The molecule has 0 heterocycles. The molecule has 0 bridgehead atoms. The van der Waals surface area contributed by atoms with Crippen molar-refractivity contribution in [3.8, 4) is 5.75 Å². The van der Waals surface area contributed by atoms with Gasteiger partial charge in [0.25, 0.3) is 0 Å². The fourth-order valence-electron chi connectivity index (χ4n) is 1.47. The third-order valence-corrected chi connectivity index (χ3v) is 2.82. The Balaban J connectivity index is 2.52. The van der Waals surface area contributed by atoms with Gasteiger partial charge in [0.2, 0.25) is 0 Å². The highest BCUT2D eigenvalue weighted by molar-refractivity contribution is 5.27. The average molecular weight is 234 g/mol. The Bertz CT molecular complexity index is 335. The van der Waals surface area contributed by atoms with Crippen LogP contribution in [-0.4, -0.2) is 31.1 Å². The number of hydrogen-bond donors (Lipinski definition) is 1.